The van der Waals surface area contributed by atoms with E-state index in [2.05, 4.69) is 6.92 Å². The van der Waals surface area contributed by atoms with Gasteiger partial charge < -0.3 is 4.74 Å². The van der Waals surface area contributed by atoms with Crippen molar-refractivity contribution in [3.05, 3.63) is 24.3 Å². The Morgan fingerprint density at radius 1 is 1.05 bits per heavy atom. The van der Waals surface area contributed by atoms with E-state index in [1.807, 2.05) is 24.3 Å². The van der Waals surface area contributed by atoms with E-state index in [1.165, 1.54) is 44.9 Å². The SMILES string of the molecule is CCCCCCCCCCC(=O)C12C=CC=CC1O2. The first-order valence-corrected chi connectivity index (χ1v) is 7.87. The summed E-state index contributed by atoms with van der Waals surface area (Å²) in [5, 5.41) is 0. The zero-order valence-electron chi connectivity index (χ0n) is 12.1. The Kier molecular flexibility index (Phi) is 5.38. The standard InChI is InChI=1S/C17H26O2/c1-2-3-4-5-6-7-8-9-12-15(18)17-14-11-10-13-16(17)19-17/h10-11,13-14,16H,2-9,12H2,1H3. The summed E-state index contributed by atoms with van der Waals surface area (Å²) in [5.74, 6) is 0.268. The van der Waals surface area contributed by atoms with Crippen LogP contribution in [0, 0.1) is 0 Å². The third-order valence-corrected chi connectivity index (χ3v) is 4.12. The van der Waals surface area contributed by atoms with E-state index in [1.54, 1.807) is 0 Å². The highest BCUT2D eigenvalue weighted by Gasteiger charge is 2.58. The Balaban J connectivity index is 1.51. The van der Waals surface area contributed by atoms with Gasteiger partial charge in [-0.2, -0.15) is 0 Å². The second-order valence-electron chi connectivity index (χ2n) is 5.72. The fourth-order valence-electron chi connectivity index (χ4n) is 2.79. The number of epoxide rings is 1. The van der Waals surface area contributed by atoms with E-state index in [0.717, 1.165) is 6.42 Å². The number of carbonyl (C=O) groups is 1. The lowest BCUT2D eigenvalue weighted by Gasteiger charge is -2.08. The van der Waals surface area contributed by atoms with Crippen molar-refractivity contribution in [1.82, 2.24) is 0 Å². The number of fused-ring (bicyclic) bond motifs is 1. The lowest BCUT2D eigenvalue weighted by atomic mass is 9.92. The second-order valence-corrected chi connectivity index (χ2v) is 5.72. The number of hydrogen-bond acceptors (Lipinski definition) is 2. The van der Waals surface area contributed by atoms with Gasteiger partial charge in [-0.1, -0.05) is 70.1 Å². The maximum Gasteiger partial charge on any atom is 0.175 e. The highest BCUT2D eigenvalue weighted by atomic mass is 16.6. The Bertz CT molecular complexity index is 356. The molecule has 1 fully saturated rings. The van der Waals surface area contributed by atoms with Gasteiger partial charge in [0.2, 0.25) is 0 Å². The van der Waals surface area contributed by atoms with E-state index >= 15 is 0 Å². The summed E-state index contributed by atoms with van der Waals surface area (Å²) in [5.41, 5.74) is -0.560. The van der Waals surface area contributed by atoms with E-state index < -0.39 is 5.60 Å². The normalized spacial score (nSPS) is 27.3. The summed E-state index contributed by atoms with van der Waals surface area (Å²) in [6.07, 6.45) is 18.6. The van der Waals surface area contributed by atoms with Crippen LogP contribution in [0.4, 0.5) is 0 Å². The van der Waals surface area contributed by atoms with Crippen molar-refractivity contribution in [1.29, 1.82) is 0 Å². The molecule has 1 heterocycles. The predicted octanol–water partition coefficient (Wildman–Crippen LogP) is 4.35. The average Bonchev–Trinajstić information content (AvgIpc) is 3.17. The van der Waals surface area contributed by atoms with Crippen LogP contribution in [0.25, 0.3) is 0 Å². The molecule has 19 heavy (non-hydrogen) atoms. The summed E-state index contributed by atoms with van der Waals surface area (Å²) in [6, 6.07) is 0. The highest BCUT2D eigenvalue weighted by Crippen LogP contribution is 2.43. The van der Waals surface area contributed by atoms with E-state index in [-0.39, 0.29) is 11.9 Å². The van der Waals surface area contributed by atoms with Crippen LogP contribution in [0.2, 0.25) is 0 Å². The maximum absolute atomic E-state index is 12.1. The smallest absolute Gasteiger partial charge is 0.175 e. The van der Waals surface area contributed by atoms with Gasteiger partial charge in [0, 0.05) is 6.42 Å². The summed E-state index contributed by atoms with van der Waals surface area (Å²) in [7, 11) is 0. The predicted molar refractivity (Wildman–Crippen MR) is 78.1 cm³/mol. The molecule has 1 aliphatic heterocycles. The molecular weight excluding hydrogens is 236 g/mol. The summed E-state index contributed by atoms with van der Waals surface area (Å²) in [4.78, 5) is 12.1. The van der Waals surface area contributed by atoms with E-state index in [0.29, 0.717) is 6.42 Å². The summed E-state index contributed by atoms with van der Waals surface area (Å²) >= 11 is 0. The van der Waals surface area contributed by atoms with Gasteiger partial charge in [0.1, 0.15) is 6.10 Å². The third-order valence-electron chi connectivity index (χ3n) is 4.12. The Labute approximate surface area is 116 Å². The third kappa shape index (κ3) is 3.79. The molecule has 0 radical (unpaired) electrons. The first-order valence-electron chi connectivity index (χ1n) is 7.87. The van der Waals surface area contributed by atoms with Crippen molar-refractivity contribution in [2.45, 2.75) is 76.4 Å². The number of Topliss-reactive ketones (excluding diaryl/α,β-unsaturated/α-hetero) is 1. The van der Waals surface area contributed by atoms with Crippen LogP contribution in [0.15, 0.2) is 24.3 Å². The molecule has 2 heteroatoms. The van der Waals surface area contributed by atoms with Crippen LogP contribution in [0.1, 0.15) is 64.7 Å². The molecule has 2 rings (SSSR count). The molecule has 0 bridgehead atoms. The van der Waals surface area contributed by atoms with Crippen molar-refractivity contribution in [2.75, 3.05) is 0 Å². The van der Waals surface area contributed by atoms with Crippen LogP contribution in [0.5, 0.6) is 0 Å². The number of allylic oxidation sites excluding steroid dienone is 2. The molecule has 0 aromatic rings. The van der Waals surface area contributed by atoms with Crippen molar-refractivity contribution < 1.29 is 9.53 Å². The Morgan fingerprint density at radius 2 is 1.74 bits per heavy atom. The molecule has 0 aromatic heterocycles. The number of rotatable bonds is 10. The fourth-order valence-corrected chi connectivity index (χ4v) is 2.79. The van der Waals surface area contributed by atoms with Crippen LogP contribution in [-0.2, 0) is 9.53 Å². The maximum atomic E-state index is 12.1. The second kappa shape index (κ2) is 7.04. The molecule has 1 saturated heterocycles. The van der Waals surface area contributed by atoms with Gasteiger partial charge in [-0.3, -0.25) is 4.79 Å². The first-order chi connectivity index (χ1) is 9.29. The van der Waals surface area contributed by atoms with Gasteiger partial charge in [0.05, 0.1) is 0 Å². The Morgan fingerprint density at radius 3 is 2.42 bits per heavy atom. The Hall–Kier alpha value is -0.890. The number of ketones is 1. The summed E-state index contributed by atoms with van der Waals surface area (Å²) in [6.45, 7) is 2.24. The van der Waals surface area contributed by atoms with Gasteiger partial charge in [-0.15, -0.1) is 0 Å². The van der Waals surface area contributed by atoms with Gasteiger partial charge in [0.15, 0.2) is 11.4 Å². The molecule has 2 nitrogen and oxygen atoms in total. The average molecular weight is 262 g/mol. The minimum absolute atomic E-state index is 0.0269. The van der Waals surface area contributed by atoms with E-state index in [4.69, 9.17) is 4.74 Å². The van der Waals surface area contributed by atoms with Crippen LogP contribution in [-0.4, -0.2) is 17.5 Å². The van der Waals surface area contributed by atoms with Crippen LogP contribution >= 0.6 is 0 Å². The minimum atomic E-state index is -0.560. The molecule has 2 unspecified atom stereocenters. The lowest BCUT2D eigenvalue weighted by molar-refractivity contribution is -0.122. The van der Waals surface area contributed by atoms with Gasteiger partial charge in [-0.05, 0) is 12.5 Å². The van der Waals surface area contributed by atoms with E-state index in [9.17, 15) is 4.79 Å². The minimum Gasteiger partial charge on any atom is -0.349 e. The zero-order chi connectivity index (χ0) is 13.6. The number of carbonyl (C=O) groups excluding carboxylic acids is 1. The summed E-state index contributed by atoms with van der Waals surface area (Å²) < 4.78 is 5.53. The van der Waals surface area contributed by atoms with Gasteiger partial charge in [-0.25, -0.2) is 0 Å². The highest BCUT2D eigenvalue weighted by molar-refractivity contribution is 5.93. The molecule has 106 valence electrons. The largest absolute Gasteiger partial charge is 0.349 e. The molecule has 0 N–H and O–H groups in total. The molecule has 0 amide bonds. The van der Waals surface area contributed by atoms with Gasteiger partial charge in [0.25, 0.3) is 0 Å². The van der Waals surface area contributed by atoms with Crippen molar-refractivity contribution in [3.8, 4) is 0 Å². The van der Waals surface area contributed by atoms with Crippen molar-refractivity contribution in [2.24, 2.45) is 0 Å². The zero-order valence-corrected chi connectivity index (χ0v) is 12.1. The number of unbranched alkanes of at least 4 members (excludes halogenated alkanes) is 7. The number of hydrogen-bond donors (Lipinski definition) is 0. The first kappa shape index (κ1) is 14.5. The fraction of sp³-hybridized carbons (Fsp3) is 0.706. The quantitative estimate of drug-likeness (QED) is 0.433. The molecule has 0 aromatic carbocycles. The van der Waals surface area contributed by atoms with Crippen LogP contribution < -0.4 is 0 Å². The number of ether oxygens (including phenoxy) is 1. The van der Waals surface area contributed by atoms with Crippen molar-refractivity contribution >= 4 is 5.78 Å². The topological polar surface area (TPSA) is 29.6 Å². The molecular formula is C17H26O2. The molecule has 0 spiro atoms. The van der Waals surface area contributed by atoms with Crippen LogP contribution in [0.3, 0.4) is 0 Å². The molecule has 2 atom stereocenters. The molecule has 1 aliphatic carbocycles. The van der Waals surface area contributed by atoms with Crippen molar-refractivity contribution in [3.63, 3.8) is 0 Å². The monoisotopic (exact) mass is 262 g/mol. The molecule has 0 saturated carbocycles. The van der Waals surface area contributed by atoms with Gasteiger partial charge >= 0.3 is 0 Å². The molecule has 2 aliphatic rings. The lowest BCUT2D eigenvalue weighted by Crippen LogP contribution is -2.25.